The number of amides is 1. The molecule has 0 aliphatic carbocycles. The summed E-state index contributed by atoms with van der Waals surface area (Å²) in [5.74, 6) is 1.84. The van der Waals surface area contributed by atoms with Gasteiger partial charge in [0.1, 0.15) is 11.5 Å². The van der Waals surface area contributed by atoms with Crippen LogP contribution in [0.4, 0.5) is 0 Å². The Morgan fingerprint density at radius 2 is 1.65 bits per heavy atom. The monoisotopic (exact) mass is 425 g/mol. The van der Waals surface area contributed by atoms with Gasteiger partial charge in [-0.25, -0.2) is 0 Å². The number of benzene rings is 2. The van der Waals surface area contributed by atoms with Gasteiger partial charge in [-0.1, -0.05) is 53.7 Å². The van der Waals surface area contributed by atoms with Crippen molar-refractivity contribution in [3.63, 3.8) is 0 Å². The van der Waals surface area contributed by atoms with Crippen LogP contribution in [0.1, 0.15) is 89.1 Å². The Bertz CT molecular complexity index is 879. The number of carbonyl (C=O) groups is 1. The van der Waals surface area contributed by atoms with Crippen LogP contribution in [0.5, 0.6) is 11.5 Å². The molecule has 31 heavy (non-hydrogen) atoms. The lowest BCUT2D eigenvalue weighted by Crippen LogP contribution is -2.39. The van der Waals surface area contributed by atoms with Gasteiger partial charge in [-0.15, -0.1) is 0 Å². The highest BCUT2D eigenvalue weighted by molar-refractivity contribution is 5.81. The average Bonchev–Trinajstić information content (AvgIpc) is 2.70. The molecule has 170 valence electrons. The zero-order valence-corrected chi connectivity index (χ0v) is 20.6. The molecule has 1 N–H and O–H groups in total. The second kappa shape index (κ2) is 10.2. The minimum Gasteiger partial charge on any atom is -0.496 e. The first kappa shape index (κ1) is 24.8. The number of rotatable bonds is 8. The van der Waals surface area contributed by atoms with Crippen LogP contribution in [0.3, 0.4) is 0 Å². The van der Waals surface area contributed by atoms with Crippen LogP contribution in [-0.2, 0) is 10.2 Å². The standard InChI is InChI=1S/C27H39NO3/c1-10-24(31-21-13-11-20(12-14-21)27(6,7)8)26(29)28-19(5)23-16-22(17(2)3)25(30-9)15-18(23)4/h11-17,19,24H,10H2,1-9H3,(H,28,29). The summed E-state index contributed by atoms with van der Waals surface area (Å²) in [4.78, 5) is 13.0. The van der Waals surface area contributed by atoms with E-state index in [1.54, 1.807) is 7.11 Å². The first-order chi connectivity index (χ1) is 14.5. The lowest BCUT2D eigenvalue weighted by atomic mass is 9.87. The van der Waals surface area contributed by atoms with Gasteiger partial charge in [0, 0.05) is 0 Å². The molecule has 4 heteroatoms. The maximum Gasteiger partial charge on any atom is 0.261 e. The van der Waals surface area contributed by atoms with Crippen LogP contribution in [0.25, 0.3) is 0 Å². The highest BCUT2D eigenvalue weighted by atomic mass is 16.5. The molecule has 0 heterocycles. The summed E-state index contributed by atoms with van der Waals surface area (Å²) < 4.78 is 11.6. The van der Waals surface area contributed by atoms with Gasteiger partial charge in [-0.2, -0.15) is 0 Å². The Morgan fingerprint density at radius 1 is 1.03 bits per heavy atom. The van der Waals surface area contributed by atoms with Crippen molar-refractivity contribution >= 4 is 5.91 Å². The molecule has 2 atom stereocenters. The predicted molar refractivity (Wildman–Crippen MR) is 128 cm³/mol. The molecule has 4 nitrogen and oxygen atoms in total. The molecule has 0 aliphatic heterocycles. The van der Waals surface area contributed by atoms with E-state index in [1.165, 1.54) is 5.56 Å². The number of aryl methyl sites for hydroxylation is 1. The van der Waals surface area contributed by atoms with Crippen LogP contribution in [-0.4, -0.2) is 19.1 Å². The van der Waals surface area contributed by atoms with Gasteiger partial charge < -0.3 is 14.8 Å². The molecule has 0 aromatic heterocycles. The van der Waals surface area contributed by atoms with Crippen LogP contribution >= 0.6 is 0 Å². The van der Waals surface area contributed by atoms with E-state index >= 15 is 0 Å². The molecule has 1 amide bonds. The average molecular weight is 426 g/mol. The third-order valence-corrected chi connectivity index (χ3v) is 5.73. The van der Waals surface area contributed by atoms with Crippen LogP contribution < -0.4 is 14.8 Å². The van der Waals surface area contributed by atoms with Crippen LogP contribution in [0.2, 0.25) is 0 Å². The largest absolute Gasteiger partial charge is 0.496 e. The fraction of sp³-hybridized carbons (Fsp3) is 0.519. The minimum atomic E-state index is -0.536. The topological polar surface area (TPSA) is 47.6 Å². The maximum absolute atomic E-state index is 13.0. The van der Waals surface area contributed by atoms with E-state index in [0.717, 1.165) is 22.4 Å². The number of nitrogens with one attached hydrogen (secondary N) is 1. The van der Waals surface area contributed by atoms with E-state index in [2.05, 4.69) is 71.1 Å². The quantitative estimate of drug-likeness (QED) is 0.528. The Hall–Kier alpha value is -2.49. The Labute approximate surface area is 188 Å². The molecule has 0 aliphatic rings. The molecule has 2 unspecified atom stereocenters. The van der Waals surface area contributed by atoms with E-state index in [-0.39, 0.29) is 17.4 Å². The smallest absolute Gasteiger partial charge is 0.261 e. The maximum atomic E-state index is 13.0. The normalized spacial score (nSPS) is 13.6. The number of hydrogen-bond acceptors (Lipinski definition) is 3. The summed E-state index contributed by atoms with van der Waals surface area (Å²) in [6, 6.07) is 12.1. The van der Waals surface area contributed by atoms with Gasteiger partial charge in [0.2, 0.25) is 0 Å². The molecule has 0 radical (unpaired) electrons. The van der Waals surface area contributed by atoms with Gasteiger partial charge in [-0.05, 0) is 78.1 Å². The first-order valence-electron chi connectivity index (χ1n) is 11.2. The van der Waals surface area contributed by atoms with E-state index in [0.29, 0.717) is 18.1 Å². The predicted octanol–water partition coefficient (Wildman–Crippen LogP) is 6.46. The zero-order chi connectivity index (χ0) is 23.3. The summed E-state index contributed by atoms with van der Waals surface area (Å²) in [5, 5.41) is 3.14. The second-order valence-electron chi connectivity index (χ2n) is 9.62. The molecule has 0 saturated heterocycles. The van der Waals surface area contributed by atoms with E-state index in [9.17, 15) is 4.79 Å². The summed E-state index contributed by atoms with van der Waals surface area (Å²) in [7, 11) is 1.70. The lowest BCUT2D eigenvalue weighted by Gasteiger charge is -2.24. The van der Waals surface area contributed by atoms with Crippen molar-refractivity contribution in [2.45, 2.75) is 85.3 Å². The highest BCUT2D eigenvalue weighted by Gasteiger charge is 2.23. The Balaban J connectivity index is 2.14. The zero-order valence-electron chi connectivity index (χ0n) is 20.6. The van der Waals surface area contributed by atoms with Gasteiger partial charge in [0.25, 0.3) is 5.91 Å². The van der Waals surface area contributed by atoms with Crippen molar-refractivity contribution in [3.8, 4) is 11.5 Å². The van der Waals surface area contributed by atoms with E-state index in [1.807, 2.05) is 26.0 Å². The van der Waals surface area contributed by atoms with Gasteiger partial charge in [-0.3, -0.25) is 4.79 Å². The number of hydrogen-bond donors (Lipinski definition) is 1. The van der Waals surface area contributed by atoms with E-state index < -0.39 is 6.10 Å². The van der Waals surface area contributed by atoms with Gasteiger partial charge >= 0.3 is 0 Å². The summed E-state index contributed by atoms with van der Waals surface area (Å²) in [6.45, 7) is 16.9. The molecule has 0 bridgehead atoms. The Morgan fingerprint density at radius 3 is 2.13 bits per heavy atom. The first-order valence-corrected chi connectivity index (χ1v) is 11.2. The molecular weight excluding hydrogens is 386 g/mol. The minimum absolute atomic E-state index is 0.0839. The number of methoxy groups -OCH3 is 1. The van der Waals surface area contributed by atoms with Crippen LogP contribution in [0.15, 0.2) is 36.4 Å². The summed E-state index contributed by atoms with van der Waals surface area (Å²) in [5.41, 5.74) is 4.66. The molecule has 0 fully saturated rings. The third-order valence-electron chi connectivity index (χ3n) is 5.73. The fourth-order valence-corrected chi connectivity index (χ4v) is 3.71. The lowest BCUT2D eigenvalue weighted by molar-refractivity contribution is -0.128. The molecule has 0 spiro atoms. The molecule has 2 aromatic carbocycles. The molecular formula is C27H39NO3. The number of carbonyl (C=O) groups excluding carboxylic acids is 1. The molecule has 0 saturated carbocycles. The van der Waals surface area contributed by atoms with Crippen molar-refractivity contribution in [1.29, 1.82) is 0 Å². The van der Waals surface area contributed by atoms with Crippen molar-refractivity contribution < 1.29 is 14.3 Å². The fourth-order valence-electron chi connectivity index (χ4n) is 3.71. The van der Waals surface area contributed by atoms with Crippen molar-refractivity contribution in [1.82, 2.24) is 5.32 Å². The SMILES string of the molecule is CCC(Oc1ccc(C(C)(C)C)cc1)C(=O)NC(C)c1cc(C(C)C)c(OC)cc1C. The molecule has 2 rings (SSSR count). The molecule has 2 aromatic rings. The summed E-state index contributed by atoms with van der Waals surface area (Å²) in [6.07, 6.45) is 0.0596. The number of ether oxygens (including phenoxy) is 2. The van der Waals surface area contributed by atoms with Gasteiger partial charge in [0.15, 0.2) is 6.10 Å². The Kier molecular flexibility index (Phi) is 8.16. The highest BCUT2D eigenvalue weighted by Crippen LogP contribution is 2.32. The van der Waals surface area contributed by atoms with Gasteiger partial charge in [0.05, 0.1) is 13.2 Å². The van der Waals surface area contributed by atoms with Crippen molar-refractivity contribution in [2.75, 3.05) is 7.11 Å². The third kappa shape index (κ3) is 6.25. The summed E-state index contributed by atoms with van der Waals surface area (Å²) >= 11 is 0. The van der Waals surface area contributed by atoms with Crippen molar-refractivity contribution in [3.05, 3.63) is 58.7 Å². The van der Waals surface area contributed by atoms with Crippen molar-refractivity contribution in [2.24, 2.45) is 0 Å². The van der Waals surface area contributed by atoms with Crippen LogP contribution in [0, 0.1) is 6.92 Å². The van der Waals surface area contributed by atoms with E-state index in [4.69, 9.17) is 9.47 Å². The second-order valence-corrected chi connectivity index (χ2v) is 9.62.